The fraction of sp³-hybridized carbons (Fsp3) is 0.417. The summed E-state index contributed by atoms with van der Waals surface area (Å²) < 4.78 is 31.3. The van der Waals surface area contributed by atoms with Crippen molar-refractivity contribution in [1.29, 1.82) is 0 Å². The van der Waals surface area contributed by atoms with Gasteiger partial charge >= 0.3 is 0 Å². The van der Waals surface area contributed by atoms with Gasteiger partial charge in [-0.05, 0) is 37.5 Å². The molecular formula is C24H33N3O5S. The van der Waals surface area contributed by atoms with E-state index in [9.17, 15) is 18.0 Å². The number of nitrogens with zero attached hydrogens (tertiary/aromatic N) is 2. The first-order chi connectivity index (χ1) is 15.7. The van der Waals surface area contributed by atoms with Gasteiger partial charge in [0, 0.05) is 19.2 Å². The molecule has 2 rings (SSSR count). The molecule has 0 heterocycles. The lowest BCUT2D eigenvalue weighted by molar-refractivity contribution is -0.138. The molecule has 0 spiro atoms. The Bertz CT molecular complexity index is 1030. The van der Waals surface area contributed by atoms with E-state index in [1.807, 2.05) is 37.3 Å². The number of amides is 2. The first-order valence-corrected chi connectivity index (χ1v) is 12.7. The van der Waals surface area contributed by atoms with Crippen molar-refractivity contribution in [1.82, 2.24) is 10.2 Å². The molecule has 1 unspecified atom stereocenters. The van der Waals surface area contributed by atoms with Gasteiger partial charge in [-0.15, -0.1) is 0 Å². The highest BCUT2D eigenvalue weighted by atomic mass is 32.2. The molecule has 9 heteroatoms. The standard InChI is InChI=1S/C24H33N3O5S/c1-5-15-25-24(29)19(2)26(16-14-20-10-7-6-8-11-20)23(28)18-27(33(4,30)31)21-12-9-13-22(17-21)32-3/h6-13,17,19H,5,14-16,18H2,1-4H3,(H,25,29). The van der Waals surface area contributed by atoms with Crippen LogP contribution in [0.15, 0.2) is 54.6 Å². The monoisotopic (exact) mass is 475 g/mol. The maximum atomic E-state index is 13.4. The molecule has 0 saturated heterocycles. The van der Waals surface area contributed by atoms with Gasteiger partial charge in [0.05, 0.1) is 19.1 Å². The summed E-state index contributed by atoms with van der Waals surface area (Å²) in [4.78, 5) is 27.5. The maximum absolute atomic E-state index is 13.4. The second kappa shape index (κ2) is 12.2. The normalized spacial score (nSPS) is 12.0. The van der Waals surface area contributed by atoms with Gasteiger partial charge in [-0.3, -0.25) is 13.9 Å². The zero-order valence-electron chi connectivity index (χ0n) is 19.7. The van der Waals surface area contributed by atoms with E-state index in [2.05, 4.69) is 5.32 Å². The van der Waals surface area contributed by atoms with Crippen molar-refractivity contribution in [2.45, 2.75) is 32.7 Å². The quantitative estimate of drug-likeness (QED) is 0.509. The summed E-state index contributed by atoms with van der Waals surface area (Å²) in [6.07, 6.45) is 2.36. The van der Waals surface area contributed by atoms with E-state index in [0.29, 0.717) is 24.4 Å². The summed E-state index contributed by atoms with van der Waals surface area (Å²) in [6.45, 7) is 3.96. The third-order valence-electron chi connectivity index (χ3n) is 5.22. The Hall–Kier alpha value is -3.07. The highest BCUT2D eigenvalue weighted by Crippen LogP contribution is 2.23. The molecule has 1 N–H and O–H groups in total. The Balaban J connectivity index is 2.30. The van der Waals surface area contributed by atoms with Crippen molar-refractivity contribution >= 4 is 27.5 Å². The Labute approximate surface area is 196 Å². The van der Waals surface area contributed by atoms with Crippen molar-refractivity contribution < 1.29 is 22.7 Å². The number of carbonyl (C=O) groups excluding carboxylic acids is 2. The summed E-state index contributed by atoms with van der Waals surface area (Å²) in [5.41, 5.74) is 1.33. The number of rotatable bonds is 12. The van der Waals surface area contributed by atoms with Gasteiger partial charge in [-0.25, -0.2) is 8.42 Å². The van der Waals surface area contributed by atoms with E-state index >= 15 is 0 Å². The molecule has 0 saturated carbocycles. The predicted octanol–water partition coefficient (Wildman–Crippen LogP) is 2.45. The minimum atomic E-state index is -3.77. The van der Waals surface area contributed by atoms with Crippen LogP contribution in [0.1, 0.15) is 25.8 Å². The number of benzene rings is 2. The van der Waals surface area contributed by atoms with Gasteiger partial charge in [0.2, 0.25) is 21.8 Å². The number of anilines is 1. The first kappa shape index (κ1) is 26.2. The Morgan fingerprint density at radius 2 is 1.79 bits per heavy atom. The molecule has 2 aromatic rings. The molecular weight excluding hydrogens is 442 g/mol. The van der Waals surface area contributed by atoms with Crippen LogP contribution >= 0.6 is 0 Å². The second-order valence-electron chi connectivity index (χ2n) is 7.76. The number of carbonyl (C=O) groups is 2. The van der Waals surface area contributed by atoms with Crippen molar-refractivity contribution in [3.63, 3.8) is 0 Å². The van der Waals surface area contributed by atoms with Crippen LogP contribution in [0, 0.1) is 0 Å². The van der Waals surface area contributed by atoms with Crippen LogP contribution in [-0.2, 0) is 26.0 Å². The molecule has 0 fully saturated rings. The third-order valence-corrected chi connectivity index (χ3v) is 6.36. The zero-order valence-corrected chi connectivity index (χ0v) is 20.5. The Morgan fingerprint density at radius 3 is 2.39 bits per heavy atom. The number of ether oxygens (including phenoxy) is 1. The summed E-state index contributed by atoms with van der Waals surface area (Å²) in [7, 11) is -2.29. The number of methoxy groups -OCH3 is 1. The van der Waals surface area contributed by atoms with Crippen molar-refractivity contribution in [2.24, 2.45) is 0 Å². The number of sulfonamides is 1. The van der Waals surface area contributed by atoms with Crippen LogP contribution in [-0.4, -0.2) is 64.2 Å². The largest absolute Gasteiger partial charge is 0.497 e. The molecule has 0 aromatic heterocycles. The first-order valence-electron chi connectivity index (χ1n) is 10.9. The van der Waals surface area contributed by atoms with Crippen molar-refractivity contribution in [3.05, 3.63) is 60.2 Å². The summed E-state index contributed by atoms with van der Waals surface area (Å²) in [6, 6.07) is 15.4. The fourth-order valence-electron chi connectivity index (χ4n) is 3.35. The predicted molar refractivity (Wildman–Crippen MR) is 130 cm³/mol. The molecule has 2 amide bonds. The minimum Gasteiger partial charge on any atom is -0.497 e. The van der Waals surface area contributed by atoms with Gasteiger partial charge in [-0.1, -0.05) is 43.3 Å². The summed E-state index contributed by atoms with van der Waals surface area (Å²) in [5, 5.41) is 2.81. The lowest BCUT2D eigenvalue weighted by Crippen LogP contribution is -2.52. The Morgan fingerprint density at radius 1 is 1.09 bits per heavy atom. The molecule has 0 radical (unpaired) electrons. The van der Waals surface area contributed by atoms with Crippen LogP contribution in [0.5, 0.6) is 5.75 Å². The third kappa shape index (κ3) is 7.78. The molecule has 2 aromatic carbocycles. The van der Waals surface area contributed by atoms with E-state index in [1.165, 1.54) is 12.0 Å². The van der Waals surface area contributed by atoms with E-state index in [4.69, 9.17) is 4.74 Å². The van der Waals surface area contributed by atoms with Crippen molar-refractivity contribution in [2.75, 3.05) is 37.3 Å². The van der Waals surface area contributed by atoms with Crippen LogP contribution in [0.25, 0.3) is 0 Å². The summed E-state index contributed by atoms with van der Waals surface area (Å²) >= 11 is 0. The van der Waals surface area contributed by atoms with E-state index in [0.717, 1.165) is 22.5 Å². The molecule has 0 aliphatic carbocycles. The molecule has 33 heavy (non-hydrogen) atoms. The molecule has 8 nitrogen and oxygen atoms in total. The van der Waals surface area contributed by atoms with Gasteiger partial charge in [-0.2, -0.15) is 0 Å². The highest BCUT2D eigenvalue weighted by molar-refractivity contribution is 7.92. The lowest BCUT2D eigenvalue weighted by atomic mass is 10.1. The van der Waals surface area contributed by atoms with E-state index in [1.54, 1.807) is 31.2 Å². The molecule has 180 valence electrons. The smallest absolute Gasteiger partial charge is 0.244 e. The van der Waals surface area contributed by atoms with Crippen LogP contribution in [0.2, 0.25) is 0 Å². The SMILES string of the molecule is CCCNC(=O)C(C)N(CCc1ccccc1)C(=O)CN(c1cccc(OC)c1)S(C)(=O)=O. The number of hydrogen-bond acceptors (Lipinski definition) is 5. The zero-order chi connectivity index (χ0) is 24.4. The number of nitrogens with one attached hydrogen (secondary N) is 1. The van der Waals surface area contributed by atoms with Gasteiger partial charge in [0.15, 0.2) is 0 Å². The Kier molecular flexibility index (Phi) is 9.72. The van der Waals surface area contributed by atoms with Crippen LogP contribution in [0.3, 0.4) is 0 Å². The molecule has 1 atom stereocenters. The average molecular weight is 476 g/mol. The average Bonchev–Trinajstić information content (AvgIpc) is 2.80. The topological polar surface area (TPSA) is 96.0 Å². The lowest BCUT2D eigenvalue weighted by Gasteiger charge is -2.31. The molecule has 0 aliphatic heterocycles. The van der Waals surface area contributed by atoms with Crippen LogP contribution in [0.4, 0.5) is 5.69 Å². The minimum absolute atomic E-state index is 0.273. The van der Waals surface area contributed by atoms with Gasteiger partial charge < -0.3 is 15.0 Å². The van der Waals surface area contributed by atoms with Crippen LogP contribution < -0.4 is 14.4 Å². The maximum Gasteiger partial charge on any atom is 0.244 e. The molecule has 0 bridgehead atoms. The van der Waals surface area contributed by atoms with Gasteiger partial charge in [0.1, 0.15) is 18.3 Å². The molecule has 0 aliphatic rings. The van der Waals surface area contributed by atoms with E-state index in [-0.39, 0.29) is 12.5 Å². The second-order valence-corrected chi connectivity index (χ2v) is 9.67. The summed E-state index contributed by atoms with van der Waals surface area (Å²) in [5.74, 6) is -0.259. The highest BCUT2D eigenvalue weighted by Gasteiger charge is 2.29. The fourth-order valence-corrected chi connectivity index (χ4v) is 4.19. The van der Waals surface area contributed by atoms with E-state index < -0.39 is 28.5 Å². The van der Waals surface area contributed by atoms with Gasteiger partial charge in [0.25, 0.3) is 0 Å². The number of hydrogen-bond donors (Lipinski definition) is 1. The van der Waals surface area contributed by atoms with Crippen molar-refractivity contribution in [3.8, 4) is 5.75 Å².